The quantitative estimate of drug-likeness (QED) is 0.874. The average molecular weight is 260 g/mol. The van der Waals surface area contributed by atoms with Crippen LogP contribution in [0.5, 0.6) is 0 Å². The van der Waals surface area contributed by atoms with Gasteiger partial charge in [0.2, 0.25) is 0 Å². The van der Waals surface area contributed by atoms with Gasteiger partial charge in [0.1, 0.15) is 0 Å². The summed E-state index contributed by atoms with van der Waals surface area (Å²) in [6.07, 6.45) is 2.02. The molecule has 3 nitrogen and oxygen atoms in total. The first-order valence-electron chi connectivity index (χ1n) is 7.08. The Morgan fingerprint density at radius 3 is 2.79 bits per heavy atom. The monoisotopic (exact) mass is 260 g/mol. The van der Waals surface area contributed by atoms with Crippen LogP contribution in [0.4, 0.5) is 0 Å². The van der Waals surface area contributed by atoms with Crippen LogP contribution in [0, 0.1) is 5.41 Å². The molecule has 1 aliphatic heterocycles. The molecule has 1 aromatic rings. The Hall–Kier alpha value is -1.35. The molecule has 3 heteroatoms. The van der Waals surface area contributed by atoms with Crippen LogP contribution in [0.25, 0.3) is 0 Å². The smallest absolute Gasteiger partial charge is 0.251 e. The molecule has 0 spiro atoms. The van der Waals surface area contributed by atoms with Crippen molar-refractivity contribution in [3.63, 3.8) is 0 Å². The number of carbonyl (C=O) groups is 1. The van der Waals surface area contributed by atoms with Crippen molar-refractivity contribution in [3.8, 4) is 0 Å². The molecule has 1 heterocycles. The van der Waals surface area contributed by atoms with E-state index in [1.165, 1.54) is 5.56 Å². The van der Waals surface area contributed by atoms with Crippen molar-refractivity contribution in [2.45, 2.75) is 39.7 Å². The van der Waals surface area contributed by atoms with Crippen LogP contribution in [0.1, 0.15) is 54.7 Å². The normalized spacial score (nSPS) is 16.7. The molecule has 2 rings (SSSR count). The third-order valence-electron chi connectivity index (χ3n) is 4.37. The van der Waals surface area contributed by atoms with Crippen LogP contribution in [-0.4, -0.2) is 19.5 Å². The zero-order chi connectivity index (χ0) is 14.0. The van der Waals surface area contributed by atoms with E-state index >= 15 is 0 Å². The number of nitrogens with one attached hydrogen (secondary N) is 2. The van der Waals surface area contributed by atoms with E-state index in [0.29, 0.717) is 0 Å². The maximum Gasteiger partial charge on any atom is 0.251 e. The first-order chi connectivity index (χ1) is 8.99. The molecule has 104 valence electrons. The van der Waals surface area contributed by atoms with Gasteiger partial charge in [0, 0.05) is 18.2 Å². The van der Waals surface area contributed by atoms with Crippen LogP contribution in [0.15, 0.2) is 18.2 Å². The highest BCUT2D eigenvalue weighted by molar-refractivity contribution is 5.96. The predicted molar refractivity (Wildman–Crippen MR) is 78.4 cm³/mol. The van der Waals surface area contributed by atoms with E-state index in [4.69, 9.17) is 0 Å². The molecule has 1 amide bonds. The standard InChI is InChI=1S/C16H24N2O/c1-5-16(2,3)14(17-4)12-7-6-11-8-9-18-15(19)13(11)10-12/h6-7,10,14,17H,5,8-9H2,1-4H3,(H,18,19). The average Bonchev–Trinajstić information content (AvgIpc) is 2.40. The van der Waals surface area contributed by atoms with Gasteiger partial charge in [-0.1, -0.05) is 32.9 Å². The van der Waals surface area contributed by atoms with Gasteiger partial charge >= 0.3 is 0 Å². The molecule has 0 saturated carbocycles. The van der Waals surface area contributed by atoms with Gasteiger partial charge in [-0.05, 0) is 42.5 Å². The highest BCUT2D eigenvalue weighted by Gasteiger charge is 2.29. The van der Waals surface area contributed by atoms with Crippen molar-refractivity contribution in [2.24, 2.45) is 5.41 Å². The maximum atomic E-state index is 11.9. The van der Waals surface area contributed by atoms with E-state index in [1.54, 1.807) is 0 Å². The van der Waals surface area contributed by atoms with Crippen molar-refractivity contribution >= 4 is 5.91 Å². The summed E-state index contributed by atoms with van der Waals surface area (Å²) in [5.74, 6) is 0.0623. The predicted octanol–water partition coefficient (Wildman–Crippen LogP) is 2.67. The van der Waals surface area contributed by atoms with E-state index in [-0.39, 0.29) is 17.4 Å². The summed E-state index contributed by atoms with van der Waals surface area (Å²) in [4.78, 5) is 11.9. The Labute approximate surface area is 115 Å². The van der Waals surface area contributed by atoms with Crippen LogP contribution in [0.2, 0.25) is 0 Å². The first-order valence-corrected chi connectivity index (χ1v) is 7.08. The Kier molecular flexibility index (Phi) is 3.95. The topological polar surface area (TPSA) is 41.1 Å². The van der Waals surface area contributed by atoms with Gasteiger partial charge in [-0.15, -0.1) is 0 Å². The third-order valence-corrected chi connectivity index (χ3v) is 4.37. The molecule has 2 N–H and O–H groups in total. The molecule has 0 saturated heterocycles. The lowest BCUT2D eigenvalue weighted by Gasteiger charge is -2.34. The third kappa shape index (κ3) is 2.66. The van der Waals surface area contributed by atoms with Crippen LogP contribution in [-0.2, 0) is 6.42 Å². The molecule has 1 atom stereocenters. The highest BCUT2D eigenvalue weighted by Crippen LogP contribution is 2.36. The van der Waals surface area contributed by atoms with Gasteiger partial charge in [-0.3, -0.25) is 4.79 Å². The minimum absolute atomic E-state index is 0.0623. The highest BCUT2D eigenvalue weighted by atomic mass is 16.1. The minimum Gasteiger partial charge on any atom is -0.352 e. The lowest BCUT2D eigenvalue weighted by Crippen LogP contribution is -2.34. The van der Waals surface area contributed by atoms with Gasteiger partial charge in [0.15, 0.2) is 0 Å². The number of hydrogen-bond acceptors (Lipinski definition) is 2. The molecule has 0 fully saturated rings. The van der Waals surface area contributed by atoms with E-state index in [0.717, 1.165) is 30.5 Å². The van der Waals surface area contributed by atoms with Crippen molar-refractivity contribution < 1.29 is 4.79 Å². The molecular weight excluding hydrogens is 236 g/mol. The summed E-state index contributed by atoms with van der Waals surface area (Å²) >= 11 is 0. The summed E-state index contributed by atoms with van der Waals surface area (Å²) in [5, 5.41) is 6.32. The molecule has 0 bridgehead atoms. The summed E-state index contributed by atoms with van der Waals surface area (Å²) in [6, 6.07) is 6.59. The lowest BCUT2D eigenvalue weighted by atomic mass is 9.77. The Morgan fingerprint density at radius 1 is 1.42 bits per heavy atom. The van der Waals surface area contributed by atoms with Crippen molar-refractivity contribution in [3.05, 3.63) is 34.9 Å². The molecule has 19 heavy (non-hydrogen) atoms. The van der Waals surface area contributed by atoms with Crippen molar-refractivity contribution in [1.82, 2.24) is 10.6 Å². The molecule has 0 aromatic heterocycles. The number of fused-ring (bicyclic) bond motifs is 1. The van der Waals surface area contributed by atoms with E-state index in [1.807, 2.05) is 7.05 Å². The lowest BCUT2D eigenvalue weighted by molar-refractivity contribution is 0.0945. The summed E-state index contributed by atoms with van der Waals surface area (Å²) < 4.78 is 0. The fraction of sp³-hybridized carbons (Fsp3) is 0.562. The van der Waals surface area contributed by atoms with Gasteiger partial charge in [-0.25, -0.2) is 0 Å². The van der Waals surface area contributed by atoms with Gasteiger partial charge in [0.05, 0.1) is 0 Å². The largest absolute Gasteiger partial charge is 0.352 e. The van der Waals surface area contributed by atoms with E-state index < -0.39 is 0 Å². The molecule has 0 radical (unpaired) electrons. The van der Waals surface area contributed by atoms with Crippen LogP contribution >= 0.6 is 0 Å². The fourth-order valence-corrected chi connectivity index (χ4v) is 2.82. The van der Waals surface area contributed by atoms with Gasteiger partial charge in [-0.2, -0.15) is 0 Å². The van der Waals surface area contributed by atoms with Gasteiger partial charge in [0.25, 0.3) is 5.91 Å². The van der Waals surface area contributed by atoms with E-state index in [2.05, 4.69) is 49.6 Å². The molecule has 0 aliphatic carbocycles. The maximum absolute atomic E-state index is 11.9. The number of benzene rings is 1. The van der Waals surface area contributed by atoms with Crippen LogP contribution in [0.3, 0.4) is 0 Å². The van der Waals surface area contributed by atoms with Crippen molar-refractivity contribution in [2.75, 3.05) is 13.6 Å². The second-order valence-electron chi connectivity index (χ2n) is 5.99. The minimum atomic E-state index is 0.0623. The number of rotatable bonds is 4. The molecule has 1 unspecified atom stereocenters. The Morgan fingerprint density at radius 2 is 2.16 bits per heavy atom. The van der Waals surface area contributed by atoms with E-state index in [9.17, 15) is 4.79 Å². The second kappa shape index (κ2) is 5.33. The van der Waals surface area contributed by atoms with Crippen molar-refractivity contribution in [1.29, 1.82) is 0 Å². The van der Waals surface area contributed by atoms with Crippen LogP contribution < -0.4 is 10.6 Å². The zero-order valence-electron chi connectivity index (χ0n) is 12.3. The number of carbonyl (C=O) groups excluding carboxylic acids is 1. The summed E-state index contributed by atoms with van der Waals surface area (Å²) in [6.45, 7) is 7.47. The first kappa shape index (κ1) is 14.1. The number of amides is 1. The summed E-state index contributed by atoms with van der Waals surface area (Å²) in [5.41, 5.74) is 3.37. The summed E-state index contributed by atoms with van der Waals surface area (Å²) in [7, 11) is 1.99. The number of hydrogen-bond donors (Lipinski definition) is 2. The molecule has 1 aliphatic rings. The van der Waals surface area contributed by atoms with Gasteiger partial charge < -0.3 is 10.6 Å². The molecular formula is C16H24N2O. The fourth-order valence-electron chi connectivity index (χ4n) is 2.82. The zero-order valence-corrected chi connectivity index (χ0v) is 12.3. The molecule has 1 aromatic carbocycles. The Bertz CT molecular complexity index is 480. The second-order valence-corrected chi connectivity index (χ2v) is 5.99. The SMILES string of the molecule is CCC(C)(C)C(NC)c1ccc2c(c1)C(=O)NCC2. The Balaban J connectivity index is 2.40.